The minimum atomic E-state index is -0.646. The molecular formula is C6H15OP. The maximum atomic E-state index is 9.32. The molecule has 0 aromatic rings. The van der Waals surface area contributed by atoms with Gasteiger partial charge in [-0.3, -0.25) is 0 Å². The summed E-state index contributed by atoms with van der Waals surface area (Å²) in [6.45, 7) is 7.79. The molecule has 0 saturated heterocycles. The highest BCUT2D eigenvalue weighted by Gasteiger charge is 2.29. The maximum Gasteiger partial charge on any atom is 0.0798 e. The lowest BCUT2D eigenvalue weighted by atomic mass is 9.90. The molecular weight excluding hydrogens is 119 g/mol. The second-order valence-electron chi connectivity index (χ2n) is 3.40. The molecule has 0 aromatic carbocycles. The van der Waals surface area contributed by atoms with Crippen LogP contribution < -0.4 is 0 Å². The van der Waals surface area contributed by atoms with E-state index in [0.717, 1.165) is 0 Å². The lowest BCUT2D eigenvalue weighted by molar-refractivity contribution is 0.0442. The Kier molecular flexibility index (Phi) is 2.06. The van der Waals surface area contributed by atoms with Crippen LogP contribution >= 0.6 is 9.24 Å². The molecule has 2 atom stereocenters. The van der Waals surface area contributed by atoms with Crippen LogP contribution in [-0.2, 0) is 0 Å². The van der Waals surface area contributed by atoms with E-state index in [9.17, 15) is 5.11 Å². The van der Waals surface area contributed by atoms with Gasteiger partial charge in [0.25, 0.3) is 0 Å². The Morgan fingerprint density at radius 1 is 1.12 bits per heavy atom. The van der Waals surface area contributed by atoms with Crippen molar-refractivity contribution in [3.8, 4) is 0 Å². The number of hydrogen-bond acceptors (Lipinski definition) is 1. The molecule has 0 aliphatic rings. The molecule has 0 aromatic heterocycles. The van der Waals surface area contributed by atoms with Crippen LogP contribution in [0.25, 0.3) is 0 Å². The molecule has 0 bridgehead atoms. The molecule has 2 unspecified atom stereocenters. The number of aliphatic hydroxyl groups is 1. The molecule has 50 valence electrons. The largest absolute Gasteiger partial charge is 0.386 e. The molecule has 0 amide bonds. The number of hydrogen-bond donors (Lipinski definition) is 1. The minimum absolute atomic E-state index is 0.0440. The third-order valence-electron chi connectivity index (χ3n) is 1.52. The third-order valence-corrected chi connectivity index (χ3v) is 2.38. The summed E-state index contributed by atoms with van der Waals surface area (Å²) in [5.41, 5.74) is -0.0440. The number of rotatable bonds is 0. The monoisotopic (exact) mass is 134 g/mol. The Hall–Kier alpha value is 0.390. The van der Waals surface area contributed by atoms with E-state index in [1.54, 1.807) is 6.92 Å². The first kappa shape index (κ1) is 8.39. The van der Waals surface area contributed by atoms with Crippen molar-refractivity contribution in [2.45, 2.75) is 33.0 Å². The highest BCUT2D eigenvalue weighted by Crippen LogP contribution is 2.34. The van der Waals surface area contributed by atoms with E-state index in [-0.39, 0.29) is 5.41 Å². The molecule has 0 saturated carbocycles. The van der Waals surface area contributed by atoms with E-state index in [4.69, 9.17) is 0 Å². The van der Waals surface area contributed by atoms with E-state index < -0.39 is 5.34 Å². The van der Waals surface area contributed by atoms with Gasteiger partial charge in [-0.05, 0) is 12.3 Å². The van der Waals surface area contributed by atoms with Crippen molar-refractivity contribution in [2.24, 2.45) is 5.41 Å². The van der Waals surface area contributed by atoms with Crippen LogP contribution in [0.2, 0.25) is 0 Å². The minimum Gasteiger partial charge on any atom is -0.386 e. The van der Waals surface area contributed by atoms with Gasteiger partial charge >= 0.3 is 0 Å². The average Bonchev–Trinajstić information content (AvgIpc) is 1.25. The zero-order valence-electron chi connectivity index (χ0n) is 6.02. The van der Waals surface area contributed by atoms with Crippen molar-refractivity contribution in [2.75, 3.05) is 0 Å². The summed E-state index contributed by atoms with van der Waals surface area (Å²) in [6, 6.07) is 0. The Labute approximate surface area is 53.7 Å². The quantitative estimate of drug-likeness (QED) is 0.499. The van der Waals surface area contributed by atoms with Crippen molar-refractivity contribution in [3.05, 3.63) is 0 Å². The second-order valence-corrected chi connectivity index (χ2v) is 4.52. The summed E-state index contributed by atoms with van der Waals surface area (Å²) in [5, 5.41) is 8.67. The first-order valence-electron chi connectivity index (χ1n) is 2.76. The molecule has 0 aliphatic carbocycles. The lowest BCUT2D eigenvalue weighted by Gasteiger charge is -2.32. The Morgan fingerprint density at radius 2 is 1.25 bits per heavy atom. The van der Waals surface area contributed by atoms with E-state index in [1.807, 2.05) is 20.8 Å². The molecule has 0 heterocycles. The van der Waals surface area contributed by atoms with Crippen LogP contribution in [0.15, 0.2) is 0 Å². The topological polar surface area (TPSA) is 20.2 Å². The molecule has 1 N–H and O–H groups in total. The highest BCUT2D eigenvalue weighted by molar-refractivity contribution is 7.18. The van der Waals surface area contributed by atoms with E-state index in [2.05, 4.69) is 9.24 Å². The summed E-state index contributed by atoms with van der Waals surface area (Å²) >= 11 is 0. The summed E-state index contributed by atoms with van der Waals surface area (Å²) in [6.07, 6.45) is 0. The van der Waals surface area contributed by atoms with Crippen LogP contribution in [0.4, 0.5) is 0 Å². The van der Waals surface area contributed by atoms with Gasteiger partial charge in [-0.25, -0.2) is 0 Å². The van der Waals surface area contributed by atoms with Gasteiger partial charge in [0.05, 0.1) is 5.34 Å². The zero-order chi connectivity index (χ0) is 7.00. The molecule has 1 nitrogen and oxygen atoms in total. The summed E-state index contributed by atoms with van der Waals surface area (Å²) < 4.78 is 0. The van der Waals surface area contributed by atoms with Gasteiger partial charge in [0.2, 0.25) is 0 Å². The summed E-state index contributed by atoms with van der Waals surface area (Å²) in [7, 11) is 2.42. The highest BCUT2D eigenvalue weighted by atomic mass is 31.0. The smallest absolute Gasteiger partial charge is 0.0798 e. The van der Waals surface area contributed by atoms with Crippen molar-refractivity contribution >= 4 is 9.24 Å². The van der Waals surface area contributed by atoms with Crippen LogP contribution in [0.1, 0.15) is 27.7 Å². The van der Waals surface area contributed by atoms with Crippen molar-refractivity contribution in [3.63, 3.8) is 0 Å². The van der Waals surface area contributed by atoms with Crippen LogP contribution in [-0.4, -0.2) is 10.4 Å². The Morgan fingerprint density at radius 3 is 1.25 bits per heavy atom. The van der Waals surface area contributed by atoms with Crippen LogP contribution in [0, 0.1) is 5.41 Å². The summed E-state index contributed by atoms with van der Waals surface area (Å²) in [4.78, 5) is 0. The first-order valence-corrected chi connectivity index (χ1v) is 3.34. The Bertz CT molecular complexity index is 63.5. The molecule has 0 aliphatic heterocycles. The molecule has 0 radical (unpaired) electrons. The van der Waals surface area contributed by atoms with Crippen molar-refractivity contribution < 1.29 is 5.11 Å². The van der Waals surface area contributed by atoms with E-state index in [0.29, 0.717) is 0 Å². The predicted octanol–water partition coefficient (Wildman–Crippen LogP) is 1.62. The van der Waals surface area contributed by atoms with Gasteiger partial charge in [-0.15, -0.1) is 9.24 Å². The third kappa shape index (κ3) is 2.11. The fraction of sp³-hybridized carbons (Fsp3) is 1.00. The van der Waals surface area contributed by atoms with E-state index >= 15 is 0 Å². The summed E-state index contributed by atoms with van der Waals surface area (Å²) in [5.74, 6) is 0. The molecule has 2 heteroatoms. The SMILES string of the molecule is CC(C)(C)C(C)(O)P. The van der Waals surface area contributed by atoms with Crippen LogP contribution in [0.5, 0.6) is 0 Å². The van der Waals surface area contributed by atoms with Crippen molar-refractivity contribution in [1.82, 2.24) is 0 Å². The molecule has 8 heavy (non-hydrogen) atoms. The van der Waals surface area contributed by atoms with Gasteiger partial charge in [-0.1, -0.05) is 20.8 Å². The van der Waals surface area contributed by atoms with Crippen LogP contribution in [0.3, 0.4) is 0 Å². The fourth-order valence-corrected chi connectivity index (χ4v) is 0. The normalized spacial score (nSPS) is 20.2. The fourth-order valence-electron chi connectivity index (χ4n) is 0. The second kappa shape index (κ2) is 1.97. The van der Waals surface area contributed by atoms with Crippen molar-refractivity contribution in [1.29, 1.82) is 0 Å². The predicted molar refractivity (Wildman–Crippen MR) is 39.8 cm³/mol. The average molecular weight is 134 g/mol. The van der Waals surface area contributed by atoms with E-state index in [1.165, 1.54) is 0 Å². The van der Waals surface area contributed by atoms with Gasteiger partial charge < -0.3 is 5.11 Å². The molecule has 0 rings (SSSR count). The lowest BCUT2D eigenvalue weighted by Crippen LogP contribution is -2.32. The van der Waals surface area contributed by atoms with Gasteiger partial charge in [0.1, 0.15) is 0 Å². The Balaban J connectivity index is 4.02. The van der Waals surface area contributed by atoms with Gasteiger partial charge in [-0.2, -0.15) is 0 Å². The standard InChI is InChI=1S/C6H15OP/c1-5(2,3)6(4,7)8/h7H,8H2,1-4H3. The molecule has 0 spiro atoms. The maximum absolute atomic E-state index is 9.32. The first-order chi connectivity index (χ1) is 3.25. The molecule has 0 fully saturated rings. The zero-order valence-corrected chi connectivity index (χ0v) is 7.18. The van der Waals surface area contributed by atoms with Gasteiger partial charge in [0, 0.05) is 0 Å². The van der Waals surface area contributed by atoms with Gasteiger partial charge in [0.15, 0.2) is 0 Å².